The standard InChI is InChI=1S/C15H19BrN2O3/c1-10(11-4-6-12(16)7-5-11)17-14(19)9-18-8-2-3-13(18)15(20)21/h4-7,10,13H,2-3,8-9H2,1H3,(H,17,19)(H,20,21)/t10-,13+/m0/s1. The van der Waals surface area contributed by atoms with E-state index in [1.165, 1.54) is 0 Å². The maximum Gasteiger partial charge on any atom is 0.320 e. The highest BCUT2D eigenvalue weighted by Crippen LogP contribution is 2.18. The Hall–Kier alpha value is -1.40. The summed E-state index contributed by atoms with van der Waals surface area (Å²) in [6.45, 7) is 2.72. The van der Waals surface area contributed by atoms with Crippen molar-refractivity contribution in [1.29, 1.82) is 0 Å². The Bertz CT molecular complexity index is 518. The normalized spacial score (nSPS) is 20.2. The highest BCUT2D eigenvalue weighted by Gasteiger charge is 2.31. The molecule has 0 aromatic heterocycles. The van der Waals surface area contributed by atoms with Crippen molar-refractivity contribution in [2.45, 2.75) is 31.8 Å². The van der Waals surface area contributed by atoms with Crippen LogP contribution in [0.15, 0.2) is 28.7 Å². The minimum absolute atomic E-state index is 0.100. The molecule has 0 spiro atoms. The summed E-state index contributed by atoms with van der Waals surface area (Å²) in [5, 5.41) is 12.0. The quantitative estimate of drug-likeness (QED) is 0.850. The number of carboxylic acids is 1. The maximum absolute atomic E-state index is 12.1. The second-order valence-electron chi connectivity index (χ2n) is 5.31. The van der Waals surface area contributed by atoms with E-state index in [9.17, 15) is 9.59 Å². The van der Waals surface area contributed by atoms with Crippen LogP contribution in [0, 0.1) is 0 Å². The Kier molecular flexibility index (Phi) is 5.36. The second kappa shape index (κ2) is 7.04. The predicted molar refractivity (Wildman–Crippen MR) is 82.9 cm³/mol. The van der Waals surface area contributed by atoms with Crippen LogP contribution in [0.3, 0.4) is 0 Å². The van der Waals surface area contributed by atoms with Crippen LogP contribution in [0.2, 0.25) is 0 Å². The first-order chi connectivity index (χ1) is 9.97. The fraction of sp³-hybridized carbons (Fsp3) is 0.467. The van der Waals surface area contributed by atoms with Gasteiger partial charge in [0.15, 0.2) is 0 Å². The third-order valence-corrected chi connectivity index (χ3v) is 4.27. The van der Waals surface area contributed by atoms with E-state index in [0.717, 1.165) is 16.5 Å². The number of amides is 1. The summed E-state index contributed by atoms with van der Waals surface area (Å²) in [6.07, 6.45) is 1.44. The van der Waals surface area contributed by atoms with E-state index < -0.39 is 12.0 Å². The molecule has 21 heavy (non-hydrogen) atoms. The molecule has 1 aromatic rings. The maximum atomic E-state index is 12.1. The van der Waals surface area contributed by atoms with Crippen molar-refractivity contribution in [2.24, 2.45) is 0 Å². The lowest BCUT2D eigenvalue weighted by Gasteiger charge is -2.22. The first kappa shape index (κ1) is 16.0. The largest absolute Gasteiger partial charge is 0.480 e. The Labute approximate surface area is 132 Å². The van der Waals surface area contributed by atoms with Gasteiger partial charge in [-0.1, -0.05) is 28.1 Å². The van der Waals surface area contributed by atoms with Gasteiger partial charge in [0.2, 0.25) is 5.91 Å². The lowest BCUT2D eigenvalue weighted by atomic mass is 10.1. The van der Waals surface area contributed by atoms with Gasteiger partial charge in [-0.25, -0.2) is 0 Å². The van der Waals surface area contributed by atoms with Crippen LogP contribution >= 0.6 is 15.9 Å². The fourth-order valence-electron chi connectivity index (χ4n) is 2.60. The number of likely N-dealkylation sites (tertiary alicyclic amines) is 1. The molecule has 1 amide bonds. The van der Waals surface area contributed by atoms with Crippen LogP contribution in [0.5, 0.6) is 0 Å². The molecule has 5 nitrogen and oxygen atoms in total. The zero-order chi connectivity index (χ0) is 15.4. The number of carboxylic acid groups (broad SMARTS) is 1. The monoisotopic (exact) mass is 354 g/mol. The zero-order valence-corrected chi connectivity index (χ0v) is 13.5. The molecule has 2 N–H and O–H groups in total. The molecule has 2 atom stereocenters. The molecule has 114 valence electrons. The molecule has 0 aliphatic carbocycles. The molecule has 1 aromatic carbocycles. The molecule has 0 unspecified atom stereocenters. The van der Waals surface area contributed by atoms with Crippen molar-refractivity contribution in [2.75, 3.05) is 13.1 Å². The highest BCUT2D eigenvalue weighted by atomic mass is 79.9. The number of nitrogens with zero attached hydrogens (tertiary/aromatic N) is 1. The molecule has 1 aliphatic rings. The molecule has 1 saturated heterocycles. The van der Waals surface area contributed by atoms with Crippen molar-refractivity contribution in [3.8, 4) is 0 Å². The van der Waals surface area contributed by atoms with Crippen molar-refractivity contribution < 1.29 is 14.7 Å². The van der Waals surface area contributed by atoms with Gasteiger partial charge in [0.1, 0.15) is 6.04 Å². The summed E-state index contributed by atoms with van der Waals surface area (Å²) in [4.78, 5) is 24.9. The number of nitrogens with one attached hydrogen (secondary N) is 1. The van der Waals surface area contributed by atoms with E-state index >= 15 is 0 Å². The van der Waals surface area contributed by atoms with Crippen LogP contribution in [0.4, 0.5) is 0 Å². The molecule has 0 bridgehead atoms. The van der Waals surface area contributed by atoms with E-state index in [-0.39, 0.29) is 18.5 Å². The van der Waals surface area contributed by atoms with Gasteiger partial charge in [-0.3, -0.25) is 14.5 Å². The third-order valence-electron chi connectivity index (χ3n) is 3.74. The van der Waals surface area contributed by atoms with Gasteiger partial charge in [-0.15, -0.1) is 0 Å². The lowest BCUT2D eigenvalue weighted by molar-refractivity contribution is -0.142. The number of benzene rings is 1. The predicted octanol–water partition coefficient (Wildman–Crippen LogP) is 2.18. The van der Waals surface area contributed by atoms with Crippen LogP contribution in [-0.4, -0.2) is 41.0 Å². The lowest BCUT2D eigenvalue weighted by Crippen LogP contribution is -2.43. The Morgan fingerprint density at radius 2 is 2.10 bits per heavy atom. The molecule has 1 fully saturated rings. The molecule has 0 saturated carbocycles. The SMILES string of the molecule is C[C@H](NC(=O)CN1CCC[C@@H]1C(=O)O)c1ccc(Br)cc1. The van der Waals surface area contributed by atoms with Crippen LogP contribution in [0.1, 0.15) is 31.4 Å². The van der Waals surface area contributed by atoms with Gasteiger partial charge in [-0.05, 0) is 44.0 Å². The minimum atomic E-state index is -0.846. The number of hydrogen-bond donors (Lipinski definition) is 2. The average Bonchev–Trinajstić information content (AvgIpc) is 2.87. The Morgan fingerprint density at radius 1 is 1.43 bits per heavy atom. The smallest absolute Gasteiger partial charge is 0.320 e. The molecular formula is C15H19BrN2O3. The number of hydrogen-bond acceptors (Lipinski definition) is 3. The number of carbonyl (C=O) groups excluding carboxylic acids is 1. The van der Waals surface area contributed by atoms with Crippen LogP contribution < -0.4 is 5.32 Å². The van der Waals surface area contributed by atoms with Crippen molar-refractivity contribution in [1.82, 2.24) is 10.2 Å². The topological polar surface area (TPSA) is 69.6 Å². The number of rotatable bonds is 5. The summed E-state index contributed by atoms with van der Waals surface area (Å²) in [5.41, 5.74) is 1.02. The molecular weight excluding hydrogens is 336 g/mol. The number of aliphatic carboxylic acids is 1. The summed E-state index contributed by atoms with van der Waals surface area (Å²) in [7, 11) is 0. The van der Waals surface area contributed by atoms with Gasteiger partial charge in [0.25, 0.3) is 0 Å². The van der Waals surface area contributed by atoms with Gasteiger partial charge in [0.05, 0.1) is 12.6 Å². The third kappa shape index (κ3) is 4.28. The van der Waals surface area contributed by atoms with E-state index in [1.54, 1.807) is 4.90 Å². The molecule has 2 rings (SSSR count). The average molecular weight is 355 g/mol. The van der Waals surface area contributed by atoms with Crippen LogP contribution in [0.25, 0.3) is 0 Å². The van der Waals surface area contributed by atoms with E-state index in [1.807, 2.05) is 31.2 Å². The second-order valence-corrected chi connectivity index (χ2v) is 6.22. The summed E-state index contributed by atoms with van der Waals surface area (Å²) < 4.78 is 0.992. The minimum Gasteiger partial charge on any atom is -0.480 e. The Balaban J connectivity index is 1.89. The van der Waals surface area contributed by atoms with E-state index in [4.69, 9.17) is 5.11 Å². The summed E-state index contributed by atoms with van der Waals surface area (Å²) in [5.74, 6) is -0.986. The fourth-order valence-corrected chi connectivity index (χ4v) is 2.87. The van der Waals surface area contributed by atoms with Gasteiger partial charge in [-0.2, -0.15) is 0 Å². The zero-order valence-electron chi connectivity index (χ0n) is 11.9. The Morgan fingerprint density at radius 3 is 2.71 bits per heavy atom. The van der Waals surface area contributed by atoms with Gasteiger partial charge >= 0.3 is 5.97 Å². The van der Waals surface area contributed by atoms with Crippen molar-refractivity contribution in [3.63, 3.8) is 0 Å². The highest BCUT2D eigenvalue weighted by molar-refractivity contribution is 9.10. The van der Waals surface area contributed by atoms with Crippen LogP contribution in [-0.2, 0) is 9.59 Å². The summed E-state index contributed by atoms with van der Waals surface area (Å²) in [6, 6.07) is 7.13. The van der Waals surface area contributed by atoms with Crippen molar-refractivity contribution >= 4 is 27.8 Å². The van der Waals surface area contributed by atoms with Gasteiger partial charge < -0.3 is 10.4 Å². The number of halogens is 1. The van der Waals surface area contributed by atoms with E-state index in [2.05, 4.69) is 21.2 Å². The van der Waals surface area contributed by atoms with E-state index in [0.29, 0.717) is 13.0 Å². The molecule has 0 radical (unpaired) electrons. The molecule has 1 aliphatic heterocycles. The first-order valence-electron chi connectivity index (χ1n) is 6.99. The summed E-state index contributed by atoms with van der Waals surface area (Å²) >= 11 is 3.37. The first-order valence-corrected chi connectivity index (χ1v) is 7.78. The van der Waals surface area contributed by atoms with Gasteiger partial charge in [0, 0.05) is 4.47 Å². The molecule has 6 heteroatoms. The van der Waals surface area contributed by atoms with Crippen molar-refractivity contribution in [3.05, 3.63) is 34.3 Å². The molecule has 1 heterocycles. The number of carbonyl (C=O) groups is 2.